The molecule has 1 heterocycles. The fourth-order valence-corrected chi connectivity index (χ4v) is 4.68. The van der Waals surface area contributed by atoms with Crippen LogP contribution in [0.2, 0.25) is 0 Å². The summed E-state index contributed by atoms with van der Waals surface area (Å²) < 4.78 is 28.9. The molecular formula is C24H22BrN3O3S. The third-order valence-corrected chi connectivity index (χ3v) is 7.17. The van der Waals surface area contributed by atoms with Crippen LogP contribution in [0.4, 0.5) is 0 Å². The van der Waals surface area contributed by atoms with Gasteiger partial charge in [0.2, 0.25) is 10.0 Å². The number of rotatable bonds is 6. The van der Waals surface area contributed by atoms with Gasteiger partial charge in [0.1, 0.15) is 0 Å². The van der Waals surface area contributed by atoms with E-state index >= 15 is 0 Å². The first-order valence-electron chi connectivity index (χ1n) is 9.97. The van der Waals surface area contributed by atoms with Crippen molar-refractivity contribution in [3.63, 3.8) is 0 Å². The van der Waals surface area contributed by atoms with E-state index in [-0.39, 0.29) is 17.3 Å². The van der Waals surface area contributed by atoms with Gasteiger partial charge in [0.15, 0.2) is 0 Å². The Balaban J connectivity index is 1.58. The van der Waals surface area contributed by atoms with Crippen LogP contribution in [0, 0.1) is 6.92 Å². The molecule has 0 fully saturated rings. The highest BCUT2D eigenvalue weighted by atomic mass is 79.9. The van der Waals surface area contributed by atoms with Crippen LogP contribution >= 0.6 is 15.9 Å². The monoisotopic (exact) mass is 511 g/mol. The van der Waals surface area contributed by atoms with Crippen molar-refractivity contribution in [2.45, 2.75) is 18.4 Å². The zero-order valence-corrected chi connectivity index (χ0v) is 20.0. The molecule has 0 radical (unpaired) electrons. The van der Waals surface area contributed by atoms with Gasteiger partial charge in [-0.15, -0.1) is 0 Å². The third kappa shape index (κ3) is 4.48. The standard InChI is InChI=1S/C24H22BrN3O3S/c1-16-3-7-19(8-4-16)28-12-11-21-22(13-18(25)14-23(21)28)24(29)27-15-17-5-9-20(10-6-17)32(30,31)26-2/h3-14,26H,15H2,1-2H3,(H,27,29). The Kier molecular flexibility index (Phi) is 6.19. The van der Waals surface area contributed by atoms with Gasteiger partial charge in [-0.2, -0.15) is 0 Å². The molecule has 0 unspecified atom stereocenters. The molecule has 4 aromatic rings. The van der Waals surface area contributed by atoms with Gasteiger partial charge in [0.05, 0.1) is 10.4 Å². The van der Waals surface area contributed by atoms with E-state index in [1.165, 1.54) is 24.7 Å². The topological polar surface area (TPSA) is 80.2 Å². The number of fused-ring (bicyclic) bond motifs is 1. The molecule has 0 aliphatic carbocycles. The minimum absolute atomic E-state index is 0.182. The number of benzene rings is 3. The van der Waals surface area contributed by atoms with Crippen LogP contribution in [0.5, 0.6) is 0 Å². The van der Waals surface area contributed by atoms with E-state index in [9.17, 15) is 13.2 Å². The third-order valence-electron chi connectivity index (χ3n) is 5.28. The van der Waals surface area contributed by atoms with Crippen molar-refractivity contribution >= 4 is 42.8 Å². The normalized spacial score (nSPS) is 11.6. The lowest BCUT2D eigenvalue weighted by molar-refractivity contribution is 0.0952. The molecule has 0 spiro atoms. The molecule has 0 saturated heterocycles. The number of nitrogens with one attached hydrogen (secondary N) is 2. The average molecular weight is 512 g/mol. The predicted molar refractivity (Wildman–Crippen MR) is 130 cm³/mol. The Morgan fingerprint density at radius 3 is 2.34 bits per heavy atom. The molecule has 0 bridgehead atoms. The van der Waals surface area contributed by atoms with E-state index in [4.69, 9.17) is 0 Å². The maximum Gasteiger partial charge on any atom is 0.252 e. The molecule has 0 aliphatic rings. The van der Waals surface area contributed by atoms with Gasteiger partial charge in [-0.1, -0.05) is 45.8 Å². The zero-order valence-electron chi connectivity index (χ0n) is 17.6. The quantitative estimate of drug-likeness (QED) is 0.398. The molecule has 3 aromatic carbocycles. The number of carbonyl (C=O) groups excluding carboxylic acids is 1. The SMILES string of the molecule is CNS(=O)(=O)c1ccc(CNC(=O)c2cc(Br)cc3c2ccn3-c2ccc(C)cc2)cc1. The summed E-state index contributed by atoms with van der Waals surface area (Å²) in [6.07, 6.45) is 1.96. The lowest BCUT2D eigenvalue weighted by Crippen LogP contribution is -2.23. The second kappa shape index (κ2) is 8.90. The average Bonchev–Trinajstić information content (AvgIpc) is 3.21. The Bertz CT molecular complexity index is 1390. The first-order valence-corrected chi connectivity index (χ1v) is 12.2. The van der Waals surface area contributed by atoms with Crippen molar-refractivity contribution in [2.24, 2.45) is 0 Å². The molecule has 8 heteroatoms. The van der Waals surface area contributed by atoms with Crippen molar-refractivity contribution in [3.8, 4) is 5.69 Å². The number of hydrogen-bond donors (Lipinski definition) is 2. The van der Waals surface area contributed by atoms with Crippen LogP contribution in [-0.4, -0.2) is 25.9 Å². The van der Waals surface area contributed by atoms with E-state index in [1.54, 1.807) is 18.2 Å². The second-order valence-electron chi connectivity index (χ2n) is 7.44. The number of hydrogen-bond acceptors (Lipinski definition) is 3. The van der Waals surface area contributed by atoms with Gasteiger partial charge in [0.25, 0.3) is 5.91 Å². The van der Waals surface area contributed by atoms with Crippen molar-refractivity contribution < 1.29 is 13.2 Å². The Morgan fingerprint density at radius 1 is 1.00 bits per heavy atom. The lowest BCUT2D eigenvalue weighted by atomic mass is 10.1. The maximum atomic E-state index is 13.0. The summed E-state index contributed by atoms with van der Waals surface area (Å²) in [6, 6.07) is 20.4. The van der Waals surface area contributed by atoms with E-state index in [0.29, 0.717) is 5.56 Å². The Labute approximate surface area is 195 Å². The summed E-state index contributed by atoms with van der Waals surface area (Å²) in [5.41, 5.74) is 4.50. The fourth-order valence-electron chi connectivity index (χ4n) is 3.51. The molecule has 2 N–H and O–H groups in total. The molecule has 4 rings (SSSR count). The molecule has 1 aromatic heterocycles. The van der Waals surface area contributed by atoms with Gasteiger partial charge < -0.3 is 9.88 Å². The van der Waals surface area contributed by atoms with Crippen LogP contribution in [-0.2, 0) is 16.6 Å². The summed E-state index contributed by atoms with van der Waals surface area (Å²) in [5, 5.41) is 3.78. The molecule has 164 valence electrons. The molecule has 6 nitrogen and oxygen atoms in total. The first-order chi connectivity index (χ1) is 15.3. The van der Waals surface area contributed by atoms with Crippen LogP contribution < -0.4 is 10.0 Å². The second-order valence-corrected chi connectivity index (χ2v) is 10.2. The van der Waals surface area contributed by atoms with Crippen LogP contribution in [0.1, 0.15) is 21.5 Å². The zero-order chi connectivity index (χ0) is 22.9. The van der Waals surface area contributed by atoms with E-state index in [1.807, 2.05) is 37.4 Å². The summed E-state index contributed by atoms with van der Waals surface area (Å²) in [7, 11) is -2.12. The lowest BCUT2D eigenvalue weighted by Gasteiger charge is -2.10. The smallest absolute Gasteiger partial charge is 0.252 e. The van der Waals surface area contributed by atoms with E-state index in [2.05, 4.69) is 42.7 Å². The molecule has 0 saturated carbocycles. The molecule has 32 heavy (non-hydrogen) atoms. The first kappa shape index (κ1) is 22.3. The van der Waals surface area contributed by atoms with Gasteiger partial charge >= 0.3 is 0 Å². The molecular weight excluding hydrogens is 490 g/mol. The summed E-state index contributed by atoms with van der Waals surface area (Å²) >= 11 is 3.53. The highest BCUT2D eigenvalue weighted by Gasteiger charge is 2.15. The summed E-state index contributed by atoms with van der Waals surface area (Å²) in [4.78, 5) is 13.2. The van der Waals surface area contributed by atoms with Crippen molar-refractivity contribution in [1.29, 1.82) is 0 Å². The van der Waals surface area contributed by atoms with Gasteiger partial charge in [0, 0.05) is 33.9 Å². The van der Waals surface area contributed by atoms with Gasteiger partial charge in [-0.3, -0.25) is 4.79 Å². The Hall–Kier alpha value is -2.94. The van der Waals surface area contributed by atoms with E-state index in [0.717, 1.165) is 26.6 Å². The van der Waals surface area contributed by atoms with Gasteiger partial charge in [-0.25, -0.2) is 13.1 Å². The highest BCUT2D eigenvalue weighted by molar-refractivity contribution is 9.10. The van der Waals surface area contributed by atoms with Gasteiger partial charge in [-0.05, 0) is 62.0 Å². The van der Waals surface area contributed by atoms with Crippen LogP contribution in [0.15, 0.2) is 82.3 Å². The number of sulfonamides is 1. The summed E-state index contributed by atoms with van der Waals surface area (Å²) in [6.45, 7) is 2.33. The Morgan fingerprint density at radius 2 is 1.69 bits per heavy atom. The number of aryl methyl sites for hydroxylation is 1. The minimum atomic E-state index is -3.49. The molecule has 0 aliphatic heterocycles. The van der Waals surface area contributed by atoms with Crippen molar-refractivity contribution in [2.75, 3.05) is 7.05 Å². The van der Waals surface area contributed by atoms with E-state index < -0.39 is 10.0 Å². The molecule has 1 amide bonds. The highest BCUT2D eigenvalue weighted by Crippen LogP contribution is 2.28. The maximum absolute atomic E-state index is 13.0. The van der Waals surface area contributed by atoms with Crippen LogP contribution in [0.25, 0.3) is 16.6 Å². The number of amides is 1. The number of nitrogens with zero attached hydrogens (tertiary/aromatic N) is 1. The van der Waals surface area contributed by atoms with Crippen LogP contribution in [0.3, 0.4) is 0 Å². The number of halogens is 1. The van der Waals surface area contributed by atoms with Crippen molar-refractivity contribution in [3.05, 3.63) is 94.1 Å². The molecule has 0 atom stereocenters. The minimum Gasteiger partial charge on any atom is -0.348 e. The fraction of sp³-hybridized carbons (Fsp3) is 0.125. The predicted octanol–water partition coefficient (Wildman–Crippen LogP) is 4.54. The summed E-state index contributed by atoms with van der Waals surface area (Å²) in [5.74, 6) is -0.204. The van der Waals surface area contributed by atoms with Crippen molar-refractivity contribution in [1.82, 2.24) is 14.6 Å². The largest absolute Gasteiger partial charge is 0.348 e. The number of aromatic nitrogens is 1. The number of carbonyl (C=O) groups is 1.